The Bertz CT molecular complexity index is 132. The van der Waals surface area contributed by atoms with E-state index in [-0.39, 0.29) is 17.7 Å². The molecule has 2 nitrogen and oxygen atoms in total. The second-order valence-electron chi connectivity index (χ2n) is 4.26. The van der Waals surface area contributed by atoms with E-state index >= 15 is 0 Å². The van der Waals surface area contributed by atoms with E-state index in [1.54, 1.807) is 0 Å². The van der Waals surface area contributed by atoms with Crippen molar-refractivity contribution in [2.45, 2.75) is 58.7 Å². The van der Waals surface area contributed by atoms with Crippen molar-refractivity contribution in [2.75, 3.05) is 7.05 Å². The highest BCUT2D eigenvalue weighted by molar-refractivity contribution is 4.83. The summed E-state index contributed by atoms with van der Waals surface area (Å²) in [6, 6.07) is 0.222. The molecule has 2 unspecified atom stereocenters. The maximum Gasteiger partial charge on any atom is 0.0664 e. The van der Waals surface area contributed by atoms with E-state index in [1.165, 1.54) is 0 Å². The predicted molar refractivity (Wildman–Crippen MR) is 53.3 cm³/mol. The highest BCUT2D eigenvalue weighted by Crippen LogP contribution is 2.20. The zero-order valence-corrected chi connectivity index (χ0v) is 9.26. The van der Waals surface area contributed by atoms with Gasteiger partial charge in [0.25, 0.3) is 0 Å². The average Bonchev–Trinajstić information content (AvgIpc) is 2.01. The number of aliphatic hydroxyl groups is 1. The lowest BCUT2D eigenvalue weighted by Crippen LogP contribution is -2.49. The summed E-state index contributed by atoms with van der Waals surface area (Å²) in [4.78, 5) is 2.23. The van der Waals surface area contributed by atoms with Crippen LogP contribution in [0.3, 0.4) is 0 Å². The summed E-state index contributed by atoms with van der Waals surface area (Å²) in [7, 11) is 2.07. The van der Waals surface area contributed by atoms with E-state index in [2.05, 4.69) is 39.6 Å². The fourth-order valence-electron chi connectivity index (χ4n) is 1.12. The molecule has 2 atom stereocenters. The molecule has 0 amide bonds. The molecular weight excluding hydrogens is 150 g/mol. The lowest BCUT2D eigenvalue weighted by molar-refractivity contribution is 0.0264. The van der Waals surface area contributed by atoms with Crippen molar-refractivity contribution in [3.05, 3.63) is 0 Å². The standard InChI is InChI=1S/C10H23NO/c1-7-10(4,5)11(6)8(2)9(3)12/h8-9,12H,7H2,1-6H3. The van der Waals surface area contributed by atoms with Gasteiger partial charge in [-0.3, -0.25) is 4.90 Å². The monoisotopic (exact) mass is 173 g/mol. The quantitative estimate of drug-likeness (QED) is 0.701. The molecule has 74 valence electrons. The van der Waals surface area contributed by atoms with Crippen LogP contribution in [-0.2, 0) is 0 Å². The summed E-state index contributed by atoms with van der Waals surface area (Å²) in [6.45, 7) is 10.5. The molecule has 0 radical (unpaired) electrons. The number of hydrogen-bond acceptors (Lipinski definition) is 2. The van der Waals surface area contributed by atoms with Crippen molar-refractivity contribution >= 4 is 0 Å². The van der Waals surface area contributed by atoms with Gasteiger partial charge in [0, 0.05) is 11.6 Å². The zero-order valence-electron chi connectivity index (χ0n) is 9.26. The van der Waals surface area contributed by atoms with Crippen LogP contribution < -0.4 is 0 Å². The van der Waals surface area contributed by atoms with E-state index in [4.69, 9.17) is 0 Å². The molecule has 0 heterocycles. The lowest BCUT2D eigenvalue weighted by atomic mass is 9.97. The summed E-state index contributed by atoms with van der Waals surface area (Å²) in [5.74, 6) is 0. The molecule has 0 aromatic rings. The van der Waals surface area contributed by atoms with Crippen LogP contribution in [0.1, 0.15) is 41.0 Å². The van der Waals surface area contributed by atoms with E-state index in [0.717, 1.165) is 6.42 Å². The molecule has 2 heteroatoms. The third-order valence-electron chi connectivity index (χ3n) is 3.13. The molecule has 0 bridgehead atoms. The van der Waals surface area contributed by atoms with E-state index < -0.39 is 0 Å². The Labute approximate surface area is 76.6 Å². The van der Waals surface area contributed by atoms with Crippen molar-refractivity contribution < 1.29 is 5.11 Å². The van der Waals surface area contributed by atoms with E-state index in [0.29, 0.717) is 0 Å². The Kier molecular flexibility index (Phi) is 4.21. The SMILES string of the molecule is CCC(C)(C)N(C)C(C)C(C)O. The Hall–Kier alpha value is -0.0800. The zero-order chi connectivity index (χ0) is 9.94. The van der Waals surface area contributed by atoms with Crippen molar-refractivity contribution in [1.29, 1.82) is 0 Å². The van der Waals surface area contributed by atoms with E-state index in [9.17, 15) is 5.11 Å². The van der Waals surface area contributed by atoms with Crippen molar-refractivity contribution in [2.24, 2.45) is 0 Å². The molecule has 0 aliphatic heterocycles. The molecule has 0 aliphatic carbocycles. The molecule has 0 aromatic heterocycles. The van der Waals surface area contributed by atoms with Gasteiger partial charge in [0.2, 0.25) is 0 Å². The van der Waals surface area contributed by atoms with Crippen LogP contribution in [0.5, 0.6) is 0 Å². The van der Waals surface area contributed by atoms with Gasteiger partial charge in [-0.1, -0.05) is 6.92 Å². The van der Waals surface area contributed by atoms with Gasteiger partial charge in [0.15, 0.2) is 0 Å². The van der Waals surface area contributed by atoms with Gasteiger partial charge in [-0.15, -0.1) is 0 Å². The Morgan fingerprint density at radius 1 is 1.33 bits per heavy atom. The molecule has 0 saturated carbocycles. The lowest BCUT2D eigenvalue weighted by Gasteiger charge is -2.40. The van der Waals surface area contributed by atoms with Gasteiger partial charge in [0.1, 0.15) is 0 Å². The number of nitrogens with zero attached hydrogens (tertiary/aromatic N) is 1. The fourth-order valence-corrected chi connectivity index (χ4v) is 1.12. The van der Waals surface area contributed by atoms with Crippen molar-refractivity contribution in [1.82, 2.24) is 4.90 Å². The molecule has 0 aliphatic rings. The first-order valence-electron chi connectivity index (χ1n) is 4.74. The summed E-state index contributed by atoms with van der Waals surface area (Å²) in [5, 5.41) is 9.41. The van der Waals surface area contributed by atoms with Gasteiger partial charge in [0.05, 0.1) is 6.10 Å². The molecule has 0 rings (SSSR count). The summed E-state index contributed by atoms with van der Waals surface area (Å²) < 4.78 is 0. The minimum atomic E-state index is -0.263. The van der Waals surface area contributed by atoms with Crippen LogP contribution in [0.15, 0.2) is 0 Å². The average molecular weight is 173 g/mol. The predicted octanol–water partition coefficient (Wildman–Crippen LogP) is 1.88. The number of likely N-dealkylation sites (N-methyl/N-ethyl adjacent to an activating group) is 1. The molecule has 0 saturated heterocycles. The third kappa shape index (κ3) is 2.76. The number of aliphatic hydroxyl groups excluding tert-OH is 1. The van der Waals surface area contributed by atoms with Crippen LogP contribution in [0.2, 0.25) is 0 Å². The minimum Gasteiger partial charge on any atom is -0.392 e. The van der Waals surface area contributed by atoms with Crippen LogP contribution >= 0.6 is 0 Å². The highest BCUT2D eigenvalue weighted by atomic mass is 16.3. The van der Waals surface area contributed by atoms with Crippen molar-refractivity contribution in [3.63, 3.8) is 0 Å². The maximum atomic E-state index is 9.41. The van der Waals surface area contributed by atoms with Crippen LogP contribution in [0.4, 0.5) is 0 Å². The van der Waals surface area contributed by atoms with Gasteiger partial charge >= 0.3 is 0 Å². The summed E-state index contributed by atoms with van der Waals surface area (Å²) >= 11 is 0. The first-order chi connectivity index (χ1) is 5.33. The third-order valence-corrected chi connectivity index (χ3v) is 3.13. The number of hydrogen-bond donors (Lipinski definition) is 1. The second-order valence-corrected chi connectivity index (χ2v) is 4.26. The van der Waals surface area contributed by atoms with Crippen molar-refractivity contribution in [3.8, 4) is 0 Å². The Balaban J connectivity index is 4.27. The maximum absolute atomic E-state index is 9.41. The molecule has 0 spiro atoms. The largest absolute Gasteiger partial charge is 0.392 e. The number of rotatable bonds is 4. The summed E-state index contributed by atoms with van der Waals surface area (Å²) in [6.07, 6.45) is 0.835. The van der Waals surface area contributed by atoms with E-state index in [1.807, 2.05) is 6.92 Å². The first-order valence-corrected chi connectivity index (χ1v) is 4.74. The van der Waals surface area contributed by atoms with Crippen LogP contribution in [-0.4, -0.2) is 34.7 Å². The molecule has 0 fully saturated rings. The minimum absolute atomic E-state index is 0.177. The fraction of sp³-hybridized carbons (Fsp3) is 1.00. The van der Waals surface area contributed by atoms with Gasteiger partial charge in [-0.2, -0.15) is 0 Å². The highest BCUT2D eigenvalue weighted by Gasteiger charge is 2.27. The van der Waals surface area contributed by atoms with Crippen LogP contribution in [0, 0.1) is 0 Å². The smallest absolute Gasteiger partial charge is 0.0664 e. The Morgan fingerprint density at radius 3 is 2.00 bits per heavy atom. The van der Waals surface area contributed by atoms with Gasteiger partial charge < -0.3 is 5.11 Å². The van der Waals surface area contributed by atoms with Gasteiger partial charge in [-0.05, 0) is 41.2 Å². The molecular formula is C10H23NO. The molecule has 12 heavy (non-hydrogen) atoms. The molecule has 0 aromatic carbocycles. The first kappa shape index (κ1) is 11.9. The topological polar surface area (TPSA) is 23.5 Å². The second kappa shape index (κ2) is 4.24. The van der Waals surface area contributed by atoms with Gasteiger partial charge in [-0.25, -0.2) is 0 Å². The normalized spacial score (nSPS) is 18.0. The summed E-state index contributed by atoms with van der Waals surface area (Å²) in [5.41, 5.74) is 0.177. The molecule has 1 N–H and O–H groups in total. The Morgan fingerprint density at radius 2 is 1.75 bits per heavy atom. The van der Waals surface area contributed by atoms with Crippen LogP contribution in [0.25, 0.3) is 0 Å².